The van der Waals surface area contributed by atoms with Gasteiger partial charge in [-0.3, -0.25) is 4.90 Å². The van der Waals surface area contributed by atoms with Crippen LogP contribution in [0.5, 0.6) is 0 Å². The first-order valence-electron chi connectivity index (χ1n) is 8.31. The third-order valence-corrected chi connectivity index (χ3v) is 4.55. The molecule has 1 heterocycles. The van der Waals surface area contributed by atoms with E-state index in [-0.39, 0.29) is 12.1 Å². The van der Waals surface area contributed by atoms with E-state index in [1.165, 1.54) is 18.2 Å². The van der Waals surface area contributed by atoms with Gasteiger partial charge < -0.3 is 10.0 Å². The van der Waals surface area contributed by atoms with Crippen LogP contribution >= 0.6 is 0 Å². The van der Waals surface area contributed by atoms with Crippen molar-refractivity contribution < 1.29 is 18.3 Å². The minimum absolute atomic E-state index is 0.0551. The second-order valence-corrected chi connectivity index (χ2v) is 6.22. The number of halogens is 3. The first-order chi connectivity index (χ1) is 11.9. The molecule has 0 radical (unpaired) electrons. The van der Waals surface area contributed by atoms with E-state index in [1.54, 1.807) is 0 Å². The van der Waals surface area contributed by atoms with Crippen LogP contribution in [0.1, 0.15) is 17.2 Å². The molecule has 0 saturated carbocycles. The Hall–Kier alpha value is -2.05. The molecule has 1 fully saturated rings. The van der Waals surface area contributed by atoms with E-state index in [0.29, 0.717) is 13.1 Å². The number of aliphatic hydroxyl groups is 1. The van der Waals surface area contributed by atoms with Gasteiger partial charge in [0.1, 0.15) is 0 Å². The Kier molecular flexibility index (Phi) is 5.30. The highest BCUT2D eigenvalue weighted by atomic mass is 19.4. The van der Waals surface area contributed by atoms with Gasteiger partial charge in [0.25, 0.3) is 0 Å². The van der Waals surface area contributed by atoms with Crippen LogP contribution in [0.2, 0.25) is 0 Å². The lowest BCUT2D eigenvalue weighted by Crippen LogP contribution is -2.47. The maximum absolute atomic E-state index is 13.1. The summed E-state index contributed by atoms with van der Waals surface area (Å²) in [5.41, 5.74) is 0.330. The van der Waals surface area contributed by atoms with Crippen LogP contribution in [-0.2, 0) is 6.18 Å². The summed E-state index contributed by atoms with van der Waals surface area (Å²) in [6, 6.07) is 15.3. The first-order valence-corrected chi connectivity index (χ1v) is 8.31. The van der Waals surface area contributed by atoms with Crippen molar-refractivity contribution in [1.29, 1.82) is 0 Å². The van der Waals surface area contributed by atoms with Crippen LogP contribution in [0.25, 0.3) is 0 Å². The van der Waals surface area contributed by atoms with Gasteiger partial charge >= 0.3 is 6.18 Å². The highest BCUT2D eigenvalue weighted by molar-refractivity contribution is 5.46. The summed E-state index contributed by atoms with van der Waals surface area (Å²) < 4.78 is 39.3. The number of benzene rings is 2. The largest absolute Gasteiger partial charge is 0.416 e. The molecule has 134 valence electrons. The number of aliphatic hydroxyl groups excluding tert-OH is 1. The molecule has 1 N–H and O–H groups in total. The number of anilines is 1. The average molecular weight is 350 g/mol. The van der Waals surface area contributed by atoms with Gasteiger partial charge in [0.2, 0.25) is 0 Å². The number of hydrogen-bond donors (Lipinski definition) is 1. The van der Waals surface area contributed by atoms with Crippen LogP contribution in [0.3, 0.4) is 0 Å². The van der Waals surface area contributed by atoms with Crippen LogP contribution in [0.15, 0.2) is 54.6 Å². The molecule has 0 spiro atoms. The Morgan fingerprint density at radius 2 is 1.48 bits per heavy atom. The number of alkyl halides is 3. The Balaban J connectivity index is 1.61. The monoisotopic (exact) mass is 350 g/mol. The summed E-state index contributed by atoms with van der Waals surface area (Å²) in [6.45, 7) is 3.20. The molecule has 1 aliphatic heterocycles. The summed E-state index contributed by atoms with van der Waals surface area (Å²) in [5, 5.41) is 10.3. The summed E-state index contributed by atoms with van der Waals surface area (Å²) in [4.78, 5) is 4.25. The molecule has 3 nitrogen and oxygen atoms in total. The van der Waals surface area contributed by atoms with Gasteiger partial charge in [-0.1, -0.05) is 36.4 Å². The number of piperazine rings is 1. The van der Waals surface area contributed by atoms with E-state index in [9.17, 15) is 18.3 Å². The number of β-amino-alcohol motifs (C(OH)–C–C–N with tert-alkyl or cyclic N) is 1. The molecule has 1 saturated heterocycles. The second-order valence-electron chi connectivity index (χ2n) is 6.22. The number of nitrogens with zero attached hydrogens (tertiary/aromatic N) is 2. The maximum Gasteiger partial charge on any atom is 0.416 e. The first kappa shape index (κ1) is 17.8. The van der Waals surface area contributed by atoms with E-state index >= 15 is 0 Å². The van der Waals surface area contributed by atoms with Crippen molar-refractivity contribution in [2.75, 3.05) is 37.6 Å². The standard InChI is InChI=1S/C19H21F3N2O/c20-19(21,22)17-9-5-4-8-16(17)18(25)14-23-10-12-24(13-11-23)15-6-2-1-3-7-15/h1-9,18,25H,10-14H2. The fraction of sp³-hybridized carbons (Fsp3) is 0.368. The zero-order valence-electron chi connectivity index (χ0n) is 13.8. The van der Waals surface area contributed by atoms with E-state index in [2.05, 4.69) is 4.90 Å². The van der Waals surface area contributed by atoms with Crippen LogP contribution < -0.4 is 4.90 Å². The second kappa shape index (κ2) is 7.45. The summed E-state index contributed by atoms with van der Waals surface area (Å²) in [5.74, 6) is 0. The molecular weight excluding hydrogens is 329 g/mol. The Morgan fingerprint density at radius 1 is 0.880 bits per heavy atom. The number of rotatable bonds is 4. The van der Waals surface area contributed by atoms with Crippen molar-refractivity contribution in [3.8, 4) is 0 Å². The number of para-hydroxylation sites is 1. The molecule has 0 aromatic heterocycles. The number of hydrogen-bond acceptors (Lipinski definition) is 3. The van der Waals surface area contributed by atoms with Crippen molar-refractivity contribution >= 4 is 5.69 Å². The molecule has 0 bridgehead atoms. The molecule has 1 atom stereocenters. The molecule has 6 heteroatoms. The van der Waals surface area contributed by atoms with Crippen molar-refractivity contribution in [2.45, 2.75) is 12.3 Å². The van der Waals surface area contributed by atoms with E-state index in [1.807, 2.05) is 35.2 Å². The van der Waals surface area contributed by atoms with Gasteiger partial charge in [0.05, 0.1) is 11.7 Å². The Labute approximate surface area is 145 Å². The minimum atomic E-state index is -4.45. The van der Waals surface area contributed by atoms with Crippen molar-refractivity contribution in [2.24, 2.45) is 0 Å². The molecule has 0 amide bonds. The molecule has 1 aliphatic rings. The lowest BCUT2D eigenvalue weighted by atomic mass is 10.0. The van der Waals surface area contributed by atoms with Gasteiger partial charge in [-0.15, -0.1) is 0 Å². The van der Waals surface area contributed by atoms with Gasteiger partial charge in [-0.2, -0.15) is 13.2 Å². The predicted molar refractivity (Wildman–Crippen MR) is 91.5 cm³/mol. The van der Waals surface area contributed by atoms with E-state index in [4.69, 9.17) is 0 Å². The van der Waals surface area contributed by atoms with Crippen LogP contribution in [0.4, 0.5) is 18.9 Å². The topological polar surface area (TPSA) is 26.7 Å². The molecule has 2 aromatic rings. The third kappa shape index (κ3) is 4.32. The van der Waals surface area contributed by atoms with Gasteiger partial charge in [0.15, 0.2) is 0 Å². The molecule has 0 aliphatic carbocycles. The van der Waals surface area contributed by atoms with Crippen LogP contribution in [-0.4, -0.2) is 42.7 Å². The smallest absolute Gasteiger partial charge is 0.387 e. The van der Waals surface area contributed by atoms with E-state index < -0.39 is 17.8 Å². The summed E-state index contributed by atoms with van der Waals surface area (Å²) >= 11 is 0. The van der Waals surface area contributed by atoms with Crippen molar-refractivity contribution in [3.63, 3.8) is 0 Å². The average Bonchev–Trinajstić information content (AvgIpc) is 2.62. The fourth-order valence-corrected chi connectivity index (χ4v) is 3.22. The van der Waals surface area contributed by atoms with Gasteiger partial charge in [-0.05, 0) is 23.8 Å². The van der Waals surface area contributed by atoms with E-state index in [0.717, 1.165) is 24.8 Å². The predicted octanol–water partition coefficient (Wildman–Crippen LogP) is 3.56. The summed E-state index contributed by atoms with van der Waals surface area (Å²) in [7, 11) is 0. The fourth-order valence-electron chi connectivity index (χ4n) is 3.22. The highest BCUT2D eigenvalue weighted by Gasteiger charge is 2.35. The van der Waals surface area contributed by atoms with Crippen molar-refractivity contribution in [3.05, 3.63) is 65.7 Å². The zero-order valence-corrected chi connectivity index (χ0v) is 13.8. The molecule has 3 rings (SSSR count). The molecule has 25 heavy (non-hydrogen) atoms. The lowest BCUT2D eigenvalue weighted by Gasteiger charge is -2.37. The van der Waals surface area contributed by atoms with Gasteiger partial charge in [0, 0.05) is 38.4 Å². The van der Waals surface area contributed by atoms with Crippen molar-refractivity contribution in [1.82, 2.24) is 4.90 Å². The molecule has 2 aromatic carbocycles. The quantitative estimate of drug-likeness (QED) is 0.913. The highest BCUT2D eigenvalue weighted by Crippen LogP contribution is 2.34. The maximum atomic E-state index is 13.1. The summed E-state index contributed by atoms with van der Waals surface area (Å²) in [6.07, 6.45) is -5.61. The zero-order chi connectivity index (χ0) is 17.9. The Bertz CT molecular complexity index is 683. The van der Waals surface area contributed by atoms with Gasteiger partial charge in [-0.25, -0.2) is 0 Å². The lowest BCUT2D eigenvalue weighted by molar-refractivity contribution is -0.139. The normalized spacial score (nSPS) is 17.5. The third-order valence-electron chi connectivity index (χ3n) is 4.55. The Morgan fingerprint density at radius 3 is 2.12 bits per heavy atom. The molecular formula is C19H21F3N2O. The molecule has 1 unspecified atom stereocenters. The minimum Gasteiger partial charge on any atom is -0.387 e. The SMILES string of the molecule is OC(CN1CCN(c2ccccc2)CC1)c1ccccc1C(F)(F)F. The van der Waals surface area contributed by atoms with Crippen LogP contribution in [0, 0.1) is 0 Å².